The number of Topliss-reactive ketones (excluding diaryl/α,β-unsaturated/α-hetero) is 1. The number of nitrogens with one attached hydrogen (secondary N) is 1. The summed E-state index contributed by atoms with van der Waals surface area (Å²) < 4.78 is 5.97. The molecule has 0 amide bonds. The zero-order chi connectivity index (χ0) is 24.8. The molecule has 35 heavy (non-hydrogen) atoms. The molecule has 1 aromatic carbocycles. The standard InChI is InChI=1S/C29H37ClN2O3/c1-3-32(4-2)15-5-6-16-35-28-14-10-22(19-26(28)30)25(18-20-7-11-23(33)17-20)27-13-12-24(21-8-9-21)29(34)31-27/h10,12-14,18-21H,3-9,11,15-17H2,1-2H3,(H,31,34)/b25-18+. The fraction of sp³-hybridized carbons (Fsp3) is 0.517. The number of carbonyl (C=O) groups is 1. The number of allylic oxidation sites excluding steroid dienone is 1. The number of aromatic nitrogens is 1. The number of unbranched alkanes of at least 4 members (excludes halogenated alkanes) is 1. The molecule has 0 spiro atoms. The minimum absolute atomic E-state index is 0.0193. The van der Waals surface area contributed by atoms with Gasteiger partial charge in [-0.05, 0) is 87.3 Å². The molecule has 1 heterocycles. The summed E-state index contributed by atoms with van der Waals surface area (Å²) in [4.78, 5) is 30.1. The second-order valence-electron chi connectivity index (χ2n) is 9.78. The van der Waals surface area contributed by atoms with Crippen molar-refractivity contribution < 1.29 is 9.53 Å². The largest absolute Gasteiger partial charge is 0.492 e. The van der Waals surface area contributed by atoms with Crippen LogP contribution in [0, 0.1) is 5.92 Å². The van der Waals surface area contributed by atoms with E-state index >= 15 is 0 Å². The number of hydrogen-bond donors (Lipinski definition) is 1. The lowest BCUT2D eigenvalue weighted by molar-refractivity contribution is -0.117. The highest BCUT2D eigenvalue weighted by Gasteiger charge is 2.27. The summed E-state index contributed by atoms with van der Waals surface area (Å²) in [7, 11) is 0. The summed E-state index contributed by atoms with van der Waals surface area (Å²) in [6, 6.07) is 9.75. The molecule has 2 fully saturated rings. The van der Waals surface area contributed by atoms with E-state index in [1.54, 1.807) is 0 Å². The Hall–Kier alpha value is -2.37. The van der Waals surface area contributed by atoms with E-state index in [-0.39, 0.29) is 11.5 Å². The molecule has 0 aliphatic heterocycles. The van der Waals surface area contributed by atoms with Crippen molar-refractivity contribution >= 4 is 23.0 Å². The molecule has 5 nitrogen and oxygen atoms in total. The molecule has 188 valence electrons. The molecule has 0 saturated heterocycles. The Morgan fingerprint density at radius 1 is 1.11 bits per heavy atom. The number of pyridine rings is 1. The predicted octanol–water partition coefficient (Wildman–Crippen LogP) is 6.21. The van der Waals surface area contributed by atoms with Crippen LogP contribution in [0.3, 0.4) is 0 Å². The number of ketones is 1. The van der Waals surface area contributed by atoms with Crippen LogP contribution < -0.4 is 10.3 Å². The van der Waals surface area contributed by atoms with Gasteiger partial charge in [0.05, 0.1) is 11.6 Å². The van der Waals surface area contributed by atoms with E-state index in [1.807, 2.05) is 30.3 Å². The number of benzene rings is 1. The van der Waals surface area contributed by atoms with E-state index < -0.39 is 0 Å². The van der Waals surface area contributed by atoms with Gasteiger partial charge in [-0.25, -0.2) is 0 Å². The van der Waals surface area contributed by atoms with Gasteiger partial charge in [-0.15, -0.1) is 0 Å². The highest BCUT2D eigenvalue weighted by molar-refractivity contribution is 6.32. The summed E-state index contributed by atoms with van der Waals surface area (Å²) in [5.41, 5.74) is 3.44. The molecular weight excluding hydrogens is 460 g/mol. The van der Waals surface area contributed by atoms with Gasteiger partial charge in [0, 0.05) is 29.7 Å². The third-order valence-electron chi connectivity index (χ3n) is 7.20. The number of H-pyrrole nitrogens is 1. The minimum atomic E-state index is -0.0193. The smallest absolute Gasteiger partial charge is 0.251 e. The highest BCUT2D eigenvalue weighted by Crippen LogP contribution is 2.39. The van der Waals surface area contributed by atoms with Crippen LogP contribution in [0.4, 0.5) is 0 Å². The van der Waals surface area contributed by atoms with Crippen molar-refractivity contribution in [2.45, 2.75) is 64.7 Å². The number of nitrogens with zero attached hydrogens (tertiary/aromatic N) is 1. The summed E-state index contributed by atoms with van der Waals surface area (Å²) in [6.45, 7) is 8.23. The van der Waals surface area contributed by atoms with E-state index in [1.165, 1.54) is 0 Å². The van der Waals surface area contributed by atoms with Gasteiger partial charge >= 0.3 is 0 Å². The van der Waals surface area contributed by atoms with E-state index in [0.717, 1.165) is 74.1 Å². The SMILES string of the molecule is CCN(CC)CCCCOc1ccc(/C(=C\C2CCC(=O)C2)c2ccc(C3CC3)c(=O)[nH]2)cc1Cl. The molecule has 2 aliphatic carbocycles. The van der Waals surface area contributed by atoms with Gasteiger partial charge in [0.15, 0.2) is 0 Å². The van der Waals surface area contributed by atoms with Crippen molar-refractivity contribution in [2.75, 3.05) is 26.2 Å². The molecule has 0 radical (unpaired) electrons. The Morgan fingerprint density at radius 2 is 1.91 bits per heavy atom. The highest BCUT2D eigenvalue weighted by atomic mass is 35.5. The zero-order valence-corrected chi connectivity index (χ0v) is 21.7. The molecule has 1 atom stereocenters. The van der Waals surface area contributed by atoms with Crippen LogP contribution in [0.1, 0.15) is 81.5 Å². The number of carbonyl (C=O) groups excluding carboxylic acids is 1. The first kappa shape index (κ1) is 25.7. The molecule has 0 bridgehead atoms. The van der Waals surface area contributed by atoms with E-state index in [9.17, 15) is 9.59 Å². The maximum Gasteiger partial charge on any atom is 0.251 e. The Morgan fingerprint density at radius 3 is 2.54 bits per heavy atom. The lowest BCUT2D eigenvalue weighted by Crippen LogP contribution is -2.24. The summed E-state index contributed by atoms with van der Waals surface area (Å²) in [5, 5.41) is 0.552. The van der Waals surface area contributed by atoms with Crippen LogP contribution in [0.25, 0.3) is 5.57 Å². The maximum atomic E-state index is 12.7. The van der Waals surface area contributed by atoms with Gasteiger partial charge in [-0.3, -0.25) is 9.59 Å². The molecule has 6 heteroatoms. The summed E-state index contributed by atoms with van der Waals surface area (Å²) in [5.74, 6) is 1.53. The third kappa shape index (κ3) is 6.86. The van der Waals surface area contributed by atoms with Gasteiger partial charge in [-0.1, -0.05) is 43.7 Å². The molecule has 1 unspecified atom stereocenters. The average molecular weight is 497 g/mol. The van der Waals surface area contributed by atoms with Crippen molar-refractivity contribution in [3.63, 3.8) is 0 Å². The van der Waals surface area contributed by atoms with Gasteiger partial charge in [0.1, 0.15) is 11.5 Å². The summed E-state index contributed by atoms with van der Waals surface area (Å²) in [6.07, 6.45) is 8.38. The second-order valence-corrected chi connectivity index (χ2v) is 10.2. The number of hydrogen-bond acceptors (Lipinski definition) is 4. The Bertz CT molecular complexity index is 1120. The first-order chi connectivity index (χ1) is 17.0. The molecule has 4 rings (SSSR count). The fourth-order valence-corrected chi connectivity index (χ4v) is 5.10. The van der Waals surface area contributed by atoms with Gasteiger partial charge in [-0.2, -0.15) is 0 Å². The lowest BCUT2D eigenvalue weighted by Gasteiger charge is -2.17. The monoisotopic (exact) mass is 496 g/mol. The first-order valence-electron chi connectivity index (χ1n) is 13.1. The number of halogens is 1. The Balaban J connectivity index is 1.50. The fourth-order valence-electron chi connectivity index (χ4n) is 4.87. The van der Waals surface area contributed by atoms with Crippen LogP contribution in [0.15, 0.2) is 41.2 Å². The number of ether oxygens (including phenoxy) is 1. The number of aromatic amines is 1. The molecule has 1 aromatic heterocycles. The van der Waals surface area contributed by atoms with Crippen molar-refractivity contribution in [3.05, 3.63) is 68.6 Å². The van der Waals surface area contributed by atoms with Crippen LogP contribution in [0.5, 0.6) is 5.75 Å². The lowest BCUT2D eigenvalue weighted by atomic mass is 9.95. The van der Waals surface area contributed by atoms with Crippen molar-refractivity contribution in [3.8, 4) is 5.75 Å². The Kier molecular flexibility index (Phi) is 8.85. The minimum Gasteiger partial charge on any atom is -0.492 e. The van der Waals surface area contributed by atoms with Crippen molar-refractivity contribution in [1.29, 1.82) is 0 Å². The van der Waals surface area contributed by atoms with Crippen molar-refractivity contribution in [1.82, 2.24) is 9.88 Å². The van der Waals surface area contributed by atoms with E-state index in [4.69, 9.17) is 16.3 Å². The maximum absolute atomic E-state index is 12.7. The van der Waals surface area contributed by atoms with Crippen LogP contribution in [-0.2, 0) is 4.79 Å². The molecule has 2 saturated carbocycles. The van der Waals surface area contributed by atoms with Crippen LogP contribution >= 0.6 is 11.6 Å². The molecular formula is C29H37ClN2O3. The van der Waals surface area contributed by atoms with Gasteiger partial charge in [0.25, 0.3) is 5.56 Å². The normalized spacial score (nSPS) is 18.5. The topological polar surface area (TPSA) is 62.4 Å². The number of rotatable bonds is 12. The summed E-state index contributed by atoms with van der Waals surface area (Å²) >= 11 is 6.63. The molecule has 2 aromatic rings. The van der Waals surface area contributed by atoms with Gasteiger partial charge < -0.3 is 14.6 Å². The van der Waals surface area contributed by atoms with E-state index in [0.29, 0.717) is 41.9 Å². The quantitative estimate of drug-likeness (QED) is 0.355. The average Bonchev–Trinajstić information content (AvgIpc) is 3.61. The molecule has 1 N–H and O–H groups in total. The van der Waals surface area contributed by atoms with Crippen molar-refractivity contribution in [2.24, 2.45) is 5.92 Å². The second kappa shape index (κ2) is 12.0. The third-order valence-corrected chi connectivity index (χ3v) is 7.49. The first-order valence-corrected chi connectivity index (χ1v) is 13.5. The van der Waals surface area contributed by atoms with Crippen LogP contribution in [-0.4, -0.2) is 41.9 Å². The molecule has 2 aliphatic rings. The predicted molar refractivity (Wildman–Crippen MR) is 142 cm³/mol. The zero-order valence-electron chi connectivity index (χ0n) is 20.9. The Labute approximate surface area is 213 Å². The van der Waals surface area contributed by atoms with E-state index in [2.05, 4.69) is 29.8 Å². The van der Waals surface area contributed by atoms with Gasteiger partial charge in [0.2, 0.25) is 0 Å². The van der Waals surface area contributed by atoms with Crippen LogP contribution in [0.2, 0.25) is 5.02 Å².